The van der Waals surface area contributed by atoms with Crippen LogP contribution in [0.25, 0.3) is 0 Å². The minimum atomic E-state index is 0. The Balaban J connectivity index is 0.00000121. The number of carbonyl (C=O) groups is 1. The van der Waals surface area contributed by atoms with E-state index in [0.717, 1.165) is 25.3 Å². The molecule has 3 heterocycles. The number of carbonyl (C=O) groups excluding carboxylic acids is 1. The highest BCUT2D eigenvalue weighted by Gasteiger charge is 2.31. The van der Waals surface area contributed by atoms with Crippen LogP contribution in [-0.4, -0.2) is 52.9 Å². The van der Waals surface area contributed by atoms with Crippen molar-refractivity contribution in [2.24, 2.45) is 5.73 Å². The zero-order valence-electron chi connectivity index (χ0n) is 12.6. The predicted octanol–water partition coefficient (Wildman–Crippen LogP) is 1.69. The van der Waals surface area contributed by atoms with Crippen LogP contribution in [0.1, 0.15) is 35.3 Å². The molecule has 2 N–H and O–H groups in total. The van der Waals surface area contributed by atoms with E-state index in [-0.39, 0.29) is 30.7 Å². The molecule has 1 aromatic rings. The molecule has 0 radical (unpaired) electrons. The molecule has 2 fully saturated rings. The number of piperazine rings is 1. The molecule has 2 saturated heterocycles. The molecule has 0 spiro atoms. The Kier molecular flexibility index (Phi) is 7.56. The zero-order chi connectivity index (χ0) is 13.9. The number of fused-ring (bicyclic) bond motifs is 1. The van der Waals surface area contributed by atoms with E-state index in [2.05, 4.69) is 9.88 Å². The van der Waals surface area contributed by atoms with Crippen LogP contribution in [0.4, 0.5) is 0 Å². The summed E-state index contributed by atoms with van der Waals surface area (Å²) in [6.45, 7) is 4.26. The van der Waals surface area contributed by atoms with Crippen molar-refractivity contribution in [1.29, 1.82) is 0 Å². The summed E-state index contributed by atoms with van der Waals surface area (Å²) in [4.78, 5) is 21.2. The largest absolute Gasteiger partial charge is 0.336 e. The molecule has 0 aliphatic carbocycles. The molecule has 0 bridgehead atoms. The number of amides is 1. The smallest absolute Gasteiger partial charge is 0.254 e. The van der Waals surface area contributed by atoms with E-state index >= 15 is 0 Å². The lowest BCUT2D eigenvalue weighted by molar-refractivity contribution is 0.0372. The Morgan fingerprint density at radius 3 is 2.86 bits per heavy atom. The van der Waals surface area contributed by atoms with E-state index in [1.54, 1.807) is 12.3 Å². The number of piperidine rings is 1. The topological polar surface area (TPSA) is 62.5 Å². The minimum absolute atomic E-state index is 0. The third kappa shape index (κ3) is 4.10. The van der Waals surface area contributed by atoms with Crippen molar-refractivity contribution in [2.45, 2.75) is 31.8 Å². The number of pyridine rings is 1. The van der Waals surface area contributed by atoms with Crippen molar-refractivity contribution in [1.82, 2.24) is 14.8 Å². The molecular weight excluding hydrogens is 323 g/mol. The van der Waals surface area contributed by atoms with E-state index in [9.17, 15) is 4.79 Å². The highest BCUT2D eigenvalue weighted by atomic mass is 35.5. The summed E-state index contributed by atoms with van der Waals surface area (Å²) in [7, 11) is 0. The Morgan fingerprint density at radius 2 is 2.09 bits per heavy atom. The van der Waals surface area contributed by atoms with Crippen molar-refractivity contribution >= 4 is 30.7 Å². The van der Waals surface area contributed by atoms with Gasteiger partial charge < -0.3 is 10.6 Å². The lowest BCUT2D eigenvalue weighted by Crippen LogP contribution is -2.56. The molecule has 1 atom stereocenters. The maximum Gasteiger partial charge on any atom is 0.254 e. The molecule has 1 unspecified atom stereocenters. The van der Waals surface area contributed by atoms with Gasteiger partial charge in [0.05, 0.1) is 5.69 Å². The molecule has 1 amide bonds. The molecule has 0 saturated carbocycles. The molecule has 22 heavy (non-hydrogen) atoms. The predicted molar refractivity (Wildman–Crippen MR) is 91.7 cm³/mol. The van der Waals surface area contributed by atoms with Gasteiger partial charge in [-0.05, 0) is 31.5 Å². The van der Waals surface area contributed by atoms with Crippen molar-refractivity contribution in [3.8, 4) is 0 Å². The van der Waals surface area contributed by atoms with Gasteiger partial charge in [-0.15, -0.1) is 24.8 Å². The summed E-state index contributed by atoms with van der Waals surface area (Å²) < 4.78 is 0. The number of hydrogen-bond donors (Lipinski definition) is 1. The van der Waals surface area contributed by atoms with Crippen LogP contribution in [0, 0.1) is 0 Å². The Hall–Kier alpha value is -0.880. The molecule has 2 aliphatic rings. The summed E-state index contributed by atoms with van der Waals surface area (Å²) in [6, 6.07) is 4.15. The van der Waals surface area contributed by atoms with Gasteiger partial charge in [-0.1, -0.05) is 6.42 Å². The zero-order valence-corrected chi connectivity index (χ0v) is 14.2. The SMILES string of the molecule is Cl.Cl.NCc1cc(C(=O)N2CCN3CCCCC3C2)ccn1. The van der Waals surface area contributed by atoms with E-state index in [0.29, 0.717) is 18.2 Å². The van der Waals surface area contributed by atoms with Crippen molar-refractivity contribution in [2.75, 3.05) is 26.2 Å². The van der Waals surface area contributed by atoms with Gasteiger partial charge in [0.15, 0.2) is 0 Å². The lowest BCUT2D eigenvalue weighted by atomic mass is 9.99. The molecule has 124 valence electrons. The van der Waals surface area contributed by atoms with E-state index in [1.807, 2.05) is 11.0 Å². The number of rotatable bonds is 2. The molecular formula is C15H24Cl2N4O. The van der Waals surface area contributed by atoms with E-state index < -0.39 is 0 Å². The number of hydrogen-bond acceptors (Lipinski definition) is 4. The normalized spacial score (nSPS) is 21.3. The van der Waals surface area contributed by atoms with E-state index in [1.165, 1.54) is 25.8 Å². The lowest BCUT2D eigenvalue weighted by Gasteiger charge is -2.44. The number of nitrogens with zero attached hydrogens (tertiary/aromatic N) is 3. The molecule has 2 aliphatic heterocycles. The monoisotopic (exact) mass is 346 g/mol. The van der Waals surface area contributed by atoms with Gasteiger partial charge in [0.2, 0.25) is 0 Å². The standard InChI is InChI=1S/C15H22N4O.2ClH/c16-10-13-9-12(4-5-17-13)15(20)19-8-7-18-6-2-1-3-14(18)11-19;;/h4-5,9,14H,1-3,6-8,10-11,16H2;2*1H. The van der Waals surface area contributed by atoms with Gasteiger partial charge in [-0.3, -0.25) is 14.7 Å². The second kappa shape index (κ2) is 8.67. The summed E-state index contributed by atoms with van der Waals surface area (Å²) >= 11 is 0. The van der Waals surface area contributed by atoms with Gasteiger partial charge in [0, 0.05) is 44.0 Å². The van der Waals surface area contributed by atoms with Crippen molar-refractivity contribution < 1.29 is 4.79 Å². The van der Waals surface area contributed by atoms with Gasteiger partial charge in [0.1, 0.15) is 0 Å². The summed E-state index contributed by atoms with van der Waals surface area (Å²) in [5.41, 5.74) is 7.07. The molecule has 7 heteroatoms. The average Bonchev–Trinajstić information content (AvgIpc) is 2.53. The first kappa shape index (κ1) is 19.2. The summed E-state index contributed by atoms with van der Waals surface area (Å²) in [6.07, 6.45) is 5.48. The fourth-order valence-electron chi connectivity index (χ4n) is 3.25. The summed E-state index contributed by atoms with van der Waals surface area (Å²) in [5, 5.41) is 0. The molecule has 1 aromatic heterocycles. The third-order valence-corrected chi connectivity index (χ3v) is 4.40. The second-order valence-corrected chi connectivity index (χ2v) is 5.68. The van der Waals surface area contributed by atoms with Crippen molar-refractivity contribution in [3.63, 3.8) is 0 Å². The van der Waals surface area contributed by atoms with Crippen LogP contribution in [0.2, 0.25) is 0 Å². The van der Waals surface area contributed by atoms with Gasteiger partial charge in [-0.2, -0.15) is 0 Å². The average molecular weight is 347 g/mol. The summed E-state index contributed by atoms with van der Waals surface area (Å²) in [5.74, 6) is 0.118. The number of aromatic nitrogens is 1. The van der Waals surface area contributed by atoms with Crippen LogP contribution in [0.15, 0.2) is 18.3 Å². The minimum Gasteiger partial charge on any atom is -0.336 e. The maximum absolute atomic E-state index is 12.6. The first-order valence-corrected chi connectivity index (χ1v) is 7.46. The van der Waals surface area contributed by atoms with Crippen LogP contribution >= 0.6 is 24.8 Å². The van der Waals surface area contributed by atoms with Crippen LogP contribution in [0.5, 0.6) is 0 Å². The highest BCUT2D eigenvalue weighted by molar-refractivity contribution is 5.94. The highest BCUT2D eigenvalue weighted by Crippen LogP contribution is 2.22. The molecule has 0 aromatic carbocycles. The number of nitrogens with two attached hydrogens (primary N) is 1. The number of halogens is 2. The fourth-order valence-corrected chi connectivity index (χ4v) is 3.25. The third-order valence-electron chi connectivity index (χ3n) is 4.40. The van der Waals surface area contributed by atoms with Gasteiger partial charge in [0.25, 0.3) is 5.91 Å². The van der Waals surface area contributed by atoms with E-state index in [4.69, 9.17) is 5.73 Å². The fraction of sp³-hybridized carbons (Fsp3) is 0.600. The first-order chi connectivity index (χ1) is 9.78. The van der Waals surface area contributed by atoms with Crippen LogP contribution in [0.3, 0.4) is 0 Å². The van der Waals surface area contributed by atoms with Crippen LogP contribution < -0.4 is 5.73 Å². The van der Waals surface area contributed by atoms with Gasteiger partial charge in [-0.25, -0.2) is 0 Å². The molecule has 5 nitrogen and oxygen atoms in total. The molecule has 3 rings (SSSR count). The maximum atomic E-state index is 12.6. The van der Waals surface area contributed by atoms with Gasteiger partial charge >= 0.3 is 0 Å². The quantitative estimate of drug-likeness (QED) is 0.885. The van der Waals surface area contributed by atoms with Crippen molar-refractivity contribution in [3.05, 3.63) is 29.6 Å². The Bertz CT molecular complexity index is 500. The van der Waals surface area contributed by atoms with Crippen LogP contribution in [-0.2, 0) is 6.54 Å². The first-order valence-electron chi connectivity index (χ1n) is 7.46. The second-order valence-electron chi connectivity index (χ2n) is 5.68. The Morgan fingerprint density at radius 1 is 1.27 bits per heavy atom. The Labute approximate surface area is 144 Å².